The quantitative estimate of drug-likeness (QED) is 0.670. The van der Waals surface area contributed by atoms with E-state index in [2.05, 4.69) is 36.2 Å². The Balaban J connectivity index is 2.78. The number of nitrogens with one attached hydrogen (secondary N) is 1. The lowest BCUT2D eigenvalue weighted by molar-refractivity contribution is -0.584. The van der Waals surface area contributed by atoms with Gasteiger partial charge in [0.25, 0.3) is 5.82 Å². The second-order valence-electron chi connectivity index (χ2n) is 3.63. The number of hydrogen-bond acceptors (Lipinski definition) is 0. The summed E-state index contributed by atoms with van der Waals surface area (Å²) in [7, 11) is 0. The minimum absolute atomic E-state index is 1.12. The van der Waals surface area contributed by atoms with E-state index in [9.17, 15) is 0 Å². The van der Waals surface area contributed by atoms with Crippen LogP contribution in [-0.4, -0.2) is 4.98 Å². The van der Waals surface area contributed by atoms with Crippen LogP contribution in [0.2, 0.25) is 0 Å². The highest BCUT2D eigenvalue weighted by atomic mass is 15.1. The van der Waals surface area contributed by atoms with Crippen LogP contribution < -0.4 is 4.57 Å². The van der Waals surface area contributed by atoms with E-state index in [-0.39, 0.29) is 0 Å². The first kappa shape index (κ1) is 11.0. The topological polar surface area (TPSA) is 19.7 Å². The fraction of sp³-hybridized carbons (Fsp3) is 0.583. The summed E-state index contributed by atoms with van der Waals surface area (Å²) < 4.78 is 2.19. The van der Waals surface area contributed by atoms with Gasteiger partial charge in [-0.25, -0.2) is 9.55 Å². The Kier molecular flexibility index (Phi) is 4.44. The molecule has 0 aliphatic carbocycles. The summed E-state index contributed by atoms with van der Waals surface area (Å²) in [6.07, 6.45) is 9.90. The van der Waals surface area contributed by atoms with Crippen LogP contribution >= 0.6 is 0 Å². The number of aryl methyl sites for hydroxylation is 2. The van der Waals surface area contributed by atoms with Crippen molar-refractivity contribution in [3.05, 3.63) is 24.3 Å². The molecule has 1 heterocycles. The zero-order valence-corrected chi connectivity index (χ0v) is 9.34. The van der Waals surface area contributed by atoms with E-state index in [1.807, 2.05) is 6.20 Å². The molecule has 14 heavy (non-hydrogen) atoms. The molecule has 0 aromatic carbocycles. The molecular formula is C12H21N2+. The monoisotopic (exact) mass is 193 g/mol. The standard InChI is InChI=1S/C12H20N2/c1-4-7-9-12-13-10-11(8-5-2)14(12)6-3/h6,10H,3-5,7-9H2,1-2H3/p+1. The van der Waals surface area contributed by atoms with Crippen molar-refractivity contribution in [2.45, 2.75) is 46.0 Å². The van der Waals surface area contributed by atoms with Gasteiger partial charge in [-0.2, -0.15) is 0 Å². The number of rotatable bonds is 6. The van der Waals surface area contributed by atoms with Crippen molar-refractivity contribution < 1.29 is 4.57 Å². The summed E-state index contributed by atoms with van der Waals surface area (Å²) in [5, 5.41) is 0. The maximum atomic E-state index is 3.86. The van der Waals surface area contributed by atoms with Crippen LogP contribution in [0.3, 0.4) is 0 Å². The third kappa shape index (κ3) is 2.47. The SMILES string of the molecule is C=C[n+]1c(CCC)c[nH]c1CCCC. The number of aromatic nitrogens is 2. The van der Waals surface area contributed by atoms with Crippen molar-refractivity contribution in [3.8, 4) is 0 Å². The highest BCUT2D eigenvalue weighted by molar-refractivity contribution is 5.04. The smallest absolute Gasteiger partial charge is 0.247 e. The fourth-order valence-electron chi connectivity index (χ4n) is 1.69. The molecule has 2 nitrogen and oxygen atoms in total. The van der Waals surface area contributed by atoms with Crippen molar-refractivity contribution in [1.82, 2.24) is 4.98 Å². The predicted octanol–water partition coefficient (Wildman–Crippen LogP) is 2.70. The van der Waals surface area contributed by atoms with Crippen molar-refractivity contribution in [2.75, 3.05) is 0 Å². The summed E-state index contributed by atoms with van der Waals surface area (Å²) in [5.41, 5.74) is 1.34. The summed E-state index contributed by atoms with van der Waals surface area (Å²) in [5.74, 6) is 1.28. The zero-order valence-electron chi connectivity index (χ0n) is 9.34. The van der Waals surface area contributed by atoms with Crippen LogP contribution in [0.15, 0.2) is 12.8 Å². The van der Waals surface area contributed by atoms with Gasteiger partial charge in [0.15, 0.2) is 0 Å². The summed E-state index contributed by atoms with van der Waals surface area (Å²) in [6, 6.07) is 0. The molecule has 1 aromatic rings. The lowest BCUT2D eigenvalue weighted by Crippen LogP contribution is -2.33. The van der Waals surface area contributed by atoms with Crippen LogP contribution in [-0.2, 0) is 12.8 Å². The molecule has 0 aliphatic rings. The molecular weight excluding hydrogens is 172 g/mol. The number of hydrogen-bond donors (Lipinski definition) is 1. The first-order chi connectivity index (χ1) is 6.83. The maximum Gasteiger partial charge on any atom is 0.259 e. The molecule has 1 aromatic heterocycles. The van der Waals surface area contributed by atoms with Crippen molar-refractivity contribution in [3.63, 3.8) is 0 Å². The Hall–Kier alpha value is -1.05. The number of imidazole rings is 1. The molecule has 0 radical (unpaired) electrons. The van der Waals surface area contributed by atoms with E-state index in [0.717, 1.165) is 12.8 Å². The van der Waals surface area contributed by atoms with Gasteiger partial charge in [-0.3, -0.25) is 0 Å². The number of nitrogens with zero attached hydrogens (tertiary/aromatic N) is 1. The molecule has 0 saturated heterocycles. The molecule has 0 spiro atoms. The van der Waals surface area contributed by atoms with E-state index in [4.69, 9.17) is 0 Å². The molecule has 0 saturated carbocycles. The van der Waals surface area contributed by atoms with Crippen LogP contribution in [0.25, 0.3) is 6.20 Å². The minimum atomic E-state index is 1.12. The molecule has 0 aliphatic heterocycles. The van der Waals surface area contributed by atoms with Gasteiger partial charge in [0.1, 0.15) is 11.9 Å². The van der Waals surface area contributed by atoms with Crippen molar-refractivity contribution >= 4 is 6.20 Å². The van der Waals surface area contributed by atoms with Crippen LogP contribution in [0.1, 0.15) is 44.6 Å². The van der Waals surface area contributed by atoms with Crippen molar-refractivity contribution in [1.29, 1.82) is 0 Å². The molecule has 2 heteroatoms. The van der Waals surface area contributed by atoms with Gasteiger partial charge >= 0.3 is 0 Å². The predicted molar refractivity (Wildman–Crippen MR) is 60.0 cm³/mol. The normalized spacial score (nSPS) is 10.4. The number of unbranched alkanes of at least 4 members (excludes halogenated alkanes) is 1. The molecule has 0 amide bonds. The molecule has 0 fully saturated rings. The van der Waals surface area contributed by atoms with Gasteiger partial charge in [0, 0.05) is 12.8 Å². The summed E-state index contributed by atoms with van der Waals surface area (Å²) in [6.45, 7) is 8.27. The molecule has 1 rings (SSSR count). The zero-order chi connectivity index (χ0) is 10.4. The van der Waals surface area contributed by atoms with E-state index in [1.165, 1.54) is 30.8 Å². The van der Waals surface area contributed by atoms with E-state index in [0.29, 0.717) is 0 Å². The first-order valence-electron chi connectivity index (χ1n) is 5.56. The summed E-state index contributed by atoms with van der Waals surface area (Å²) in [4.78, 5) is 3.34. The Morgan fingerprint density at radius 1 is 1.36 bits per heavy atom. The molecule has 1 N–H and O–H groups in total. The minimum Gasteiger partial charge on any atom is -0.247 e. The molecule has 0 bridgehead atoms. The van der Waals surface area contributed by atoms with Crippen LogP contribution in [0.4, 0.5) is 0 Å². The lowest BCUT2D eigenvalue weighted by atomic mass is 10.2. The van der Waals surface area contributed by atoms with Gasteiger partial charge < -0.3 is 0 Å². The fourth-order valence-corrected chi connectivity index (χ4v) is 1.69. The Labute approximate surface area is 86.7 Å². The van der Waals surface area contributed by atoms with Gasteiger partial charge in [-0.1, -0.05) is 26.8 Å². The molecule has 78 valence electrons. The third-order valence-electron chi connectivity index (χ3n) is 2.46. The first-order valence-corrected chi connectivity index (χ1v) is 5.56. The maximum absolute atomic E-state index is 3.86. The van der Waals surface area contributed by atoms with Gasteiger partial charge in [0.2, 0.25) is 0 Å². The highest BCUT2D eigenvalue weighted by Crippen LogP contribution is 2.02. The van der Waals surface area contributed by atoms with E-state index in [1.54, 1.807) is 0 Å². The van der Waals surface area contributed by atoms with E-state index >= 15 is 0 Å². The molecule has 0 atom stereocenters. The van der Waals surface area contributed by atoms with E-state index < -0.39 is 0 Å². The average Bonchev–Trinajstić information content (AvgIpc) is 2.58. The number of H-pyrrole nitrogens is 1. The number of aromatic amines is 1. The van der Waals surface area contributed by atoms with Gasteiger partial charge in [-0.05, 0) is 12.8 Å². The second-order valence-corrected chi connectivity index (χ2v) is 3.63. The van der Waals surface area contributed by atoms with Gasteiger partial charge in [-0.15, -0.1) is 0 Å². The summed E-state index contributed by atoms with van der Waals surface area (Å²) >= 11 is 0. The van der Waals surface area contributed by atoms with Crippen LogP contribution in [0, 0.1) is 0 Å². The van der Waals surface area contributed by atoms with Crippen LogP contribution in [0.5, 0.6) is 0 Å². The Morgan fingerprint density at radius 2 is 2.14 bits per heavy atom. The lowest BCUT2D eigenvalue weighted by Gasteiger charge is -1.97. The average molecular weight is 193 g/mol. The third-order valence-corrected chi connectivity index (χ3v) is 2.46. The Morgan fingerprint density at radius 3 is 2.71 bits per heavy atom. The largest absolute Gasteiger partial charge is 0.259 e. The van der Waals surface area contributed by atoms with Crippen molar-refractivity contribution in [2.24, 2.45) is 0 Å². The second kappa shape index (κ2) is 5.63. The Bertz CT molecular complexity index is 287. The molecule has 0 unspecified atom stereocenters. The highest BCUT2D eigenvalue weighted by Gasteiger charge is 2.13. The van der Waals surface area contributed by atoms with Gasteiger partial charge in [0.05, 0.1) is 6.20 Å².